The molecule has 0 spiro atoms. The molecule has 0 aromatic rings. The van der Waals surface area contributed by atoms with Gasteiger partial charge in [-0.05, 0) is 85.9 Å². The molecule has 0 aromatic carbocycles. The maximum atomic E-state index is 4.24. The summed E-state index contributed by atoms with van der Waals surface area (Å²) in [5.41, 5.74) is 4.32. The summed E-state index contributed by atoms with van der Waals surface area (Å²) in [6, 6.07) is 0. The van der Waals surface area contributed by atoms with E-state index in [1.54, 1.807) is 5.57 Å². The van der Waals surface area contributed by atoms with Crippen LogP contribution in [0, 0.1) is 34.5 Å². The summed E-state index contributed by atoms with van der Waals surface area (Å²) in [7, 11) is 0. The lowest BCUT2D eigenvalue weighted by Gasteiger charge is -2.58. The summed E-state index contributed by atoms with van der Waals surface area (Å²) in [6.45, 7) is 12.0. The average Bonchev–Trinajstić information content (AvgIpc) is 2.76. The summed E-state index contributed by atoms with van der Waals surface area (Å²) < 4.78 is 0. The van der Waals surface area contributed by atoms with Gasteiger partial charge in [0, 0.05) is 0 Å². The van der Waals surface area contributed by atoms with Crippen LogP contribution >= 0.6 is 0 Å². The Balaban J connectivity index is 1.69. The van der Waals surface area contributed by atoms with Gasteiger partial charge < -0.3 is 0 Å². The van der Waals surface area contributed by atoms with E-state index < -0.39 is 0 Å². The fourth-order valence-corrected chi connectivity index (χ4v) is 6.91. The Bertz CT molecular complexity index is 498. The Kier molecular flexibility index (Phi) is 3.02. The molecular weight excluding hydrogens is 252 g/mol. The maximum absolute atomic E-state index is 4.24. The van der Waals surface area contributed by atoms with Gasteiger partial charge >= 0.3 is 0 Å². The molecule has 4 aliphatic carbocycles. The fraction of sp³-hybridized carbons (Fsp3) is 0.810. The van der Waals surface area contributed by atoms with Crippen LogP contribution in [0.2, 0.25) is 0 Å². The molecule has 6 unspecified atom stereocenters. The minimum absolute atomic E-state index is 0.511. The molecule has 6 atom stereocenters. The molecule has 21 heavy (non-hydrogen) atoms. The summed E-state index contributed by atoms with van der Waals surface area (Å²) in [5.74, 6) is 3.96. The van der Waals surface area contributed by atoms with Crippen molar-refractivity contribution >= 4 is 0 Å². The lowest BCUT2D eigenvalue weighted by molar-refractivity contribution is -0.0473. The van der Waals surface area contributed by atoms with E-state index in [4.69, 9.17) is 0 Å². The molecule has 0 saturated heterocycles. The smallest absolute Gasteiger partial charge is 0.00790 e. The first-order valence-electron chi connectivity index (χ1n) is 9.34. The number of rotatable bonds is 0. The Morgan fingerprint density at radius 2 is 1.81 bits per heavy atom. The van der Waals surface area contributed by atoms with Crippen molar-refractivity contribution in [3.05, 3.63) is 23.8 Å². The highest BCUT2D eigenvalue weighted by Crippen LogP contribution is 2.66. The molecule has 0 aromatic heterocycles. The molecule has 0 aliphatic heterocycles. The molecule has 0 nitrogen and oxygen atoms in total. The van der Waals surface area contributed by atoms with Gasteiger partial charge in [-0.15, -0.1) is 0 Å². The van der Waals surface area contributed by atoms with Gasteiger partial charge in [0.2, 0.25) is 0 Å². The molecule has 0 heterocycles. The first-order valence-corrected chi connectivity index (χ1v) is 9.34. The van der Waals surface area contributed by atoms with Crippen molar-refractivity contribution in [1.82, 2.24) is 0 Å². The van der Waals surface area contributed by atoms with Gasteiger partial charge in [-0.25, -0.2) is 0 Å². The molecule has 4 aliphatic rings. The minimum Gasteiger partial charge on any atom is -0.0958 e. The van der Waals surface area contributed by atoms with Gasteiger partial charge in [0.05, 0.1) is 0 Å². The van der Waals surface area contributed by atoms with Crippen LogP contribution in [0.1, 0.15) is 72.1 Å². The summed E-state index contributed by atoms with van der Waals surface area (Å²) >= 11 is 0. The predicted molar refractivity (Wildman–Crippen MR) is 90.0 cm³/mol. The van der Waals surface area contributed by atoms with Gasteiger partial charge in [0.15, 0.2) is 0 Å². The lowest BCUT2D eigenvalue weighted by Crippen LogP contribution is -2.49. The minimum atomic E-state index is 0.511. The molecule has 116 valence electrons. The molecule has 3 saturated carbocycles. The third kappa shape index (κ3) is 1.80. The van der Waals surface area contributed by atoms with Crippen molar-refractivity contribution < 1.29 is 0 Å². The van der Waals surface area contributed by atoms with Crippen molar-refractivity contribution in [3.8, 4) is 0 Å². The number of allylic oxidation sites excluding steroid dienone is 3. The second-order valence-electron chi connectivity index (χ2n) is 9.18. The second kappa shape index (κ2) is 4.49. The third-order valence-corrected chi connectivity index (χ3v) is 8.55. The van der Waals surface area contributed by atoms with E-state index in [2.05, 4.69) is 33.4 Å². The van der Waals surface area contributed by atoms with Crippen molar-refractivity contribution in [2.75, 3.05) is 0 Å². The van der Waals surface area contributed by atoms with Crippen molar-refractivity contribution in [2.24, 2.45) is 34.5 Å². The Morgan fingerprint density at radius 1 is 1.00 bits per heavy atom. The quantitative estimate of drug-likeness (QED) is 0.501. The highest BCUT2D eigenvalue weighted by atomic mass is 14.6. The Labute approximate surface area is 131 Å². The van der Waals surface area contributed by atoms with Crippen LogP contribution in [0.4, 0.5) is 0 Å². The summed E-state index contributed by atoms with van der Waals surface area (Å²) in [6.07, 6.45) is 13.9. The summed E-state index contributed by atoms with van der Waals surface area (Å²) in [4.78, 5) is 0. The normalized spacial score (nSPS) is 52.7. The molecule has 0 heteroatoms. The molecule has 4 rings (SSSR count). The van der Waals surface area contributed by atoms with E-state index in [0.717, 1.165) is 23.7 Å². The van der Waals surface area contributed by atoms with Crippen LogP contribution in [0.25, 0.3) is 0 Å². The van der Waals surface area contributed by atoms with Crippen LogP contribution in [-0.4, -0.2) is 0 Å². The number of hydrogen-bond acceptors (Lipinski definition) is 0. The highest BCUT2D eigenvalue weighted by Gasteiger charge is 2.57. The molecular formula is C21H32. The monoisotopic (exact) mass is 284 g/mol. The van der Waals surface area contributed by atoms with Crippen LogP contribution in [0.5, 0.6) is 0 Å². The number of fused-ring (bicyclic) bond motifs is 5. The highest BCUT2D eigenvalue weighted by molar-refractivity contribution is 5.33. The van der Waals surface area contributed by atoms with Crippen molar-refractivity contribution in [3.63, 3.8) is 0 Å². The van der Waals surface area contributed by atoms with E-state index in [0.29, 0.717) is 10.8 Å². The third-order valence-electron chi connectivity index (χ3n) is 8.55. The number of hydrogen-bond donors (Lipinski definition) is 0. The van der Waals surface area contributed by atoms with Crippen molar-refractivity contribution in [2.45, 2.75) is 72.1 Å². The zero-order valence-corrected chi connectivity index (χ0v) is 14.3. The van der Waals surface area contributed by atoms with Crippen LogP contribution in [0.15, 0.2) is 23.8 Å². The maximum Gasteiger partial charge on any atom is -0.00790 e. The molecule has 0 amide bonds. The molecule has 0 radical (unpaired) electrons. The van der Waals surface area contributed by atoms with Gasteiger partial charge in [-0.3, -0.25) is 0 Å². The van der Waals surface area contributed by atoms with E-state index >= 15 is 0 Å². The van der Waals surface area contributed by atoms with E-state index in [1.807, 2.05) is 0 Å². The second-order valence-corrected chi connectivity index (χ2v) is 9.18. The average molecular weight is 284 g/mol. The van der Waals surface area contributed by atoms with Crippen LogP contribution in [0.3, 0.4) is 0 Å². The fourth-order valence-electron chi connectivity index (χ4n) is 6.91. The standard InChI is InChI=1S/C21H32/c1-14-9-11-21(4)16(13-14)6-7-17-18-8-5-15(2)20(18,3)12-10-19(17)21/h13,15,17-19H,1,5-12H2,2-4H3. The van der Waals surface area contributed by atoms with Gasteiger partial charge in [-0.1, -0.05) is 44.6 Å². The zero-order valence-electron chi connectivity index (χ0n) is 14.3. The van der Waals surface area contributed by atoms with Gasteiger partial charge in [0.25, 0.3) is 0 Å². The van der Waals surface area contributed by atoms with E-state index in [-0.39, 0.29) is 0 Å². The lowest BCUT2D eigenvalue weighted by atomic mass is 9.47. The van der Waals surface area contributed by atoms with Crippen molar-refractivity contribution in [1.29, 1.82) is 0 Å². The Hall–Kier alpha value is -0.520. The molecule has 0 bridgehead atoms. The topological polar surface area (TPSA) is 0 Å². The van der Waals surface area contributed by atoms with Crippen LogP contribution < -0.4 is 0 Å². The predicted octanol–water partition coefficient (Wildman–Crippen LogP) is 6.14. The SMILES string of the molecule is C=C1C=C2CCC3C(CCC4(C)C(C)CCC34)C2(C)CC1. The zero-order chi connectivity index (χ0) is 14.8. The van der Waals surface area contributed by atoms with Gasteiger partial charge in [-0.2, -0.15) is 0 Å². The molecule has 3 fully saturated rings. The summed E-state index contributed by atoms with van der Waals surface area (Å²) in [5, 5.41) is 0. The van der Waals surface area contributed by atoms with Crippen LogP contribution in [-0.2, 0) is 0 Å². The largest absolute Gasteiger partial charge is 0.0958 e. The van der Waals surface area contributed by atoms with Gasteiger partial charge in [0.1, 0.15) is 0 Å². The van der Waals surface area contributed by atoms with E-state index in [1.165, 1.54) is 56.9 Å². The molecule has 0 N–H and O–H groups in total. The Morgan fingerprint density at radius 3 is 2.62 bits per heavy atom. The first kappa shape index (κ1) is 14.1. The van der Waals surface area contributed by atoms with E-state index in [9.17, 15) is 0 Å². The first-order chi connectivity index (χ1) is 9.95.